The summed E-state index contributed by atoms with van der Waals surface area (Å²) >= 11 is 3.37. The number of halogens is 1. The van der Waals surface area contributed by atoms with Gasteiger partial charge in [0.1, 0.15) is 5.69 Å². The zero-order valence-corrected chi connectivity index (χ0v) is 19.6. The summed E-state index contributed by atoms with van der Waals surface area (Å²) < 4.78 is 0.681. The minimum atomic E-state index is -0.648. The molecule has 0 saturated carbocycles. The van der Waals surface area contributed by atoms with E-state index in [1.54, 1.807) is 42.5 Å². The van der Waals surface area contributed by atoms with Gasteiger partial charge in [-0.15, -0.1) is 0 Å². The van der Waals surface area contributed by atoms with Gasteiger partial charge in [0, 0.05) is 15.6 Å². The predicted octanol–water partition coefficient (Wildman–Crippen LogP) is 4.78. The Morgan fingerprint density at radius 3 is 2.43 bits per heavy atom. The molecule has 0 radical (unpaired) electrons. The Balaban J connectivity index is 1.39. The molecule has 5 rings (SSSR count). The molecule has 0 spiro atoms. The number of nitrogens with one attached hydrogen (secondary N) is 4. The van der Waals surface area contributed by atoms with Gasteiger partial charge in [0.05, 0.1) is 23.0 Å². The molecule has 3 aromatic carbocycles. The fraction of sp³-hybridized carbons (Fsp3) is 0. The van der Waals surface area contributed by atoms with Gasteiger partial charge in [0.15, 0.2) is 11.5 Å². The number of rotatable bonds is 6. The molecular formula is C25H17BrN6O3. The van der Waals surface area contributed by atoms with E-state index in [9.17, 15) is 14.4 Å². The third-order valence-electron chi connectivity index (χ3n) is 5.21. The number of ketones is 1. The summed E-state index contributed by atoms with van der Waals surface area (Å²) in [6.45, 7) is 0. The van der Waals surface area contributed by atoms with E-state index >= 15 is 0 Å². The topological polar surface area (TPSA) is 133 Å². The van der Waals surface area contributed by atoms with Gasteiger partial charge in [-0.1, -0.05) is 58.4 Å². The number of aromatic nitrogens is 4. The maximum Gasteiger partial charge on any atom is 0.276 e. The van der Waals surface area contributed by atoms with E-state index in [1.165, 1.54) is 6.33 Å². The molecule has 2 amide bonds. The van der Waals surface area contributed by atoms with E-state index in [2.05, 4.69) is 46.5 Å². The number of benzene rings is 3. The van der Waals surface area contributed by atoms with E-state index in [4.69, 9.17) is 0 Å². The van der Waals surface area contributed by atoms with Crippen molar-refractivity contribution in [1.29, 1.82) is 0 Å². The maximum absolute atomic E-state index is 13.1. The Labute approximate surface area is 207 Å². The number of hydrogen-bond donors (Lipinski definition) is 4. The number of carbonyl (C=O) groups is 3. The third-order valence-corrected chi connectivity index (χ3v) is 5.71. The Morgan fingerprint density at radius 1 is 0.857 bits per heavy atom. The molecule has 0 aliphatic heterocycles. The van der Waals surface area contributed by atoms with Crippen LogP contribution in [0.3, 0.4) is 0 Å². The highest BCUT2D eigenvalue weighted by Gasteiger charge is 2.23. The van der Waals surface area contributed by atoms with Crippen LogP contribution in [0.4, 0.5) is 11.6 Å². The molecule has 0 fully saturated rings. The van der Waals surface area contributed by atoms with Crippen molar-refractivity contribution in [2.45, 2.75) is 0 Å². The van der Waals surface area contributed by atoms with Gasteiger partial charge in [-0.3, -0.25) is 19.7 Å². The van der Waals surface area contributed by atoms with E-state index in [1.807, 2.05) is 30.3 Å². The molecule has 0 aliphatic carbocycles. The van der Waals surface area contributed by atoms with Crippen LogP contribution in [-0.2, 0) is 0 Å². The number of amides is 2. The third kappa shape index (κ3) is 4.59. The number of imidazole rings is 2. The summed E-state index contributed by atoms with van der Waals surface area (Å²) in [4.78, 5) is 53.0. The van der Waals surface area contributed by atoms with Crippen molar-refractivity contribution in [2.75, 3.05) is 10.6 Å². The van der Waals surface area contributed by atoms with Gasteiger partial charge >= 0.3 is 0 Å². The lowest BCUT2D eigenvalue weighted by Crippen LogP contribution is -2.21. The van der Waals surface area contributed by atoms with Crippen LogP contribution in [0.25, 0.3) is 11.0 Å². The van der Waals surface area contributed by atoms with Gasteiger partial charge in [-0.05, 0) is 30.3 Å². The van der Waals surface area contributed by atoms with Crippen LogP contribution in [-0.4, -0.2) is 37.5 Å². The van der Waals surface area contributed by atoms with Crippen molar-refractivity contribution in [3.8, 4) is 0 Å². The minimum Gasteiger partial charge on any atom is -0.340 e. The number of H-pyrrole nitrogens is 2. The Hall–Kier alpha value is -4.57. The second-order valence-electron chi connectivity index (χ2n) is 7.52. The lowest BCUT2D eigenvalue weighted by atomic mass is 10.0. The van der Waals surface area contributed by atoms with Crippen LogP contribution in [0, 0.1) is 0 Å². The van der Waals surface area contributed by atoms with Crippen molar-refractivity contribution >= 4 is 56.2 Å². The number of para-hydroxylation sites is 2. The van der Waals surface area contributed by atoms with Crippen LogP contribution >= 0.6 is 15.9 Å². The van der Waals surface area contributed by atoms with Crippen LogP contribution in [0.15, 0.2) is 83.6 Å². The highest BCUT2D eigenvalue weighted by atomic mass is 79.9. The molecule has 10 heteroatoms. The van der Waals surface area contributed by atoms with Crippen molar-refractivity contribution in [2.24, 2.45) is 0 Å². The minimum absolute atomic E-state index is 0.0454. The molecule has 0 unspecified atom stereocenters. The fourth-order valence-electron chi connectivity index (χ4n) is 3.56. The number of aromatic amines is 2. The average molecular weight is 529 g/mol. The normalized spacial score (nSPS) is 10.8. The predicted molar refractivity (Wildman–Crippen MR) is 135 cm³/mol. The summed E-state index contributed by atoms with van der Waals surface area (Å²) in [6, 6.07) is 21.0. The molecule has 2 heterocycles. The van der Waals surface area contributed by atoms with Gasteiger partial charge in [-0.25, -0.2) is 9.97 Å². The molecule has 2 aromatic heterocycles. The van der Waals surface area contributed by atoms with Crippen molar-refractivity contribution < 1.29 is 14.4 Å². The molecule has 172 valence electrons. The van der Waals surface area contributed by atoms with E-state index in [0.717, 1.165) is 5.52 Å². The number of hydrogen-bond acceptors (Lipinski definition) is 5. The molecule has 0 bridgehead atoms. The first-order valence-electron chi connectivity index (χ1n) is 10.5. The Kier molecular flexibility index (Phi) is 5.94. The van der Waals surface area contributed by atoms with Crippen molar-refractivity contribution in [3.63, 3.8) is 0 Å². The lowest BCUT2D eigenvalue weighted by Gasteiger charge is -2.11. The number of nitrogens with zero attached hydrogens (tertiary/aromatic N) is 2. The van der Waals surface area contributed by atoms with Gasteiger partial charge < -0.3 is 15.3 Å². The molecule has 5 aromatic rings. The molecular weight excluding hydrogens is 512 g/mol. The number of anilines is 2. The number of fused-ring (bicyclic) bond motifs is 1. The average Bonchev–Trinajstić information content (AvgIpc) is 3.52. The van der Waals surface area contributed by atoms with Crippen LogP contribution < -0.4 is 10.6 Å². The molecule has 0 atom stereocenters. The highest BCUT2D eigenvalue weighted by molar-refractivity contribution is 9.10. The summed E-state index contributed by atoms with van der Waals surface area (Å²) in [6.07, 6.45) is 1.25. The standard InChI is InChI=1S/C25H17BrN6O3/c26-15-10-11-17(16(12-15)22(33)14-6-2-1-3-7-14)29-23(34)20-21(28-13-27-20)24(35)32-25-30-18-8-4-5-9-19(18)31-25/h1-13H,(H,27,28)(H,29,34)(H2,30,31,32,35). The maximum atomic E-state index is 13.1. The number of carbonyl (C=O) groups excluding carboxylic acids is 3. The van der Waals surface area contributed by atoms with Gasteiger partial charge in [0.25, 0.3) is 11.8 Å². The van der Waals surface area contributed by atoms with Crippen LogP contribution in [0.1, 0.15) is 36.9 Å². The first-order chi connectivity index (χ1) is 17.0. The molecule has 9 nitrogen and oxygen atoms in total. The smallest absolute Gasteiger partial charge is 0.276 e. The van der Waals surface area contributed by atoms with E-state index in [0.29, 0.717) is 26.8 Å². The van der Waals surface area contributed by atoms with Gasteiger partial charge in [-0.2, -0.15) is 0 Å². The Bertz CT molecular complexity index is 1540. The molecule has 0 aliphatic rings. The first-order valence-corrected chi connectivity index (χ1v) is 11.3. The molecule has 4 N–H and O–H groups in total. The Morgan fingerprint density at radius 2 is 1.63 bits per heavy atom. The summed E-state index contributed by atoms with van der Waals surface area (Å²) in [7, 11) is 0. The zero-order chi connectivity index (χ0) is 24.4. The summed E-state index contributed by atoms with van der Waals surface area (Å²) in [5.74, 6) is -1.26. The van der Waals surface area contributed by atoms with Crippen LogP contribution in [0.2, 0.25) is 0 Å². The van der Waals surface area contributed by atoms with Crippen LogP contribution in [0.5, 0.6) is 0 Å². The SMILES string of the molecule is O=C(c1ccccc1)c1cc(Br)ccc1NC(=O)c1nc[nH]c1C(=O)Nc1nc2ccccc2[nH]1. The molecule has 0 saturated heterocycles. The van der Waals surface area contributed by atoms with E-state index in [-0.39, 0.29) is 23.1 Å². The second-order valence-corrected chi connectivity index (χ2v) is 8.44. The first kappa shape index (κ1) is 22.2. The van der Waals surface area contributed by atoms with E-state index < -0.39 is 11.8 Å². The monoisotopic (exact) mass is 528 g/mol. The van der Waals surface area contributed by atoms with Crippen molar-refractivity contribution in [1.82, 2.24) is 19.9 Å². The highest BCUT2D eigenvalue weighted by Crippen LogP contribution is 2.25. The largest absolute Gasteiger partial charge is 0.340 e. The lowest BCUT2D eigenvalue weighted by molar-refractivity contribution is 0.0984. The second kappa shape index (κ2) is 9.35. The molecule has 35 heavy (non-hydrogen) atoms. The van der Waals surface area contributed by atoms with Gasteiger partial charge in [0.2, 0.25) is 5.95 Å². The quantitative estimate of drug-likeness (QED) is 0.235. The zero-order valence-electron chi connectivity index (χ0n) is 18.0. The van der Waals surface area contributed by atoms with Crippen molar-refractivity contribution in [3.05, 3.63) is 106 Å². The summed E-state index contributed by atoms with van der Waals surface area (Å²) in [5, 5.41) is 5.34. The fourth-order valence-corrected chi connectivity index (χ4v) is 3.92. The summed E-state index contributed by atoms with van der Waals surface area (Å²) in [5.41, 5.74) is 2.34.